The van der Waals surface area contributed by atoms with Crippen LogP contribution in [0.25, 0.3) is 0 Å². The second kappa shape index (κ2) is 2.53. The highest BCUT2D eigenvalue weighted by molar-refractivity contribution is 7.90. The third kappa shape index (κ3) is 0.807. The number of hydrogen-bond acceptors (Lipinski definition) is 2. The van der Waals surface area contributed by atoms with E-state index in [0.29, 0.717) is 30.3 Å². The van der Waals surface area contributed by atoms with E-state index in [1.807, 2.05) is 6.92 Å². The average molecular weight is 215 g/mol. The van der Waals surface area contributed by atoms with Gasteiger partial charge in [-0.1, -0.05) is 13.8 Å². The predicted molar refractivity (Wildman–Crippen MR) is 54.3 cm³/mol. The van der Waals surface area contributed by atoms with Gasteiger partial charge in [-0.3, -0.25) is 0 Å². The van der Waals surface area contributed by atoms with Crippen LogP contribution in [0.4, 0.5) is 0 Å². The van der Waals surface area contributed by atoms with Gasteiger partial charge in [0, 0.05) is 12.6 Å². The van der Waals surface area contributed by atoms with Crippen LogP contribution in [-0.4, -0.2) is 30.6 Å². The summed E-state index contributed by atoms with van der Waals surface area (Å²) in [5, 5.41) is -0.0198. The van der Waals surface area contributed by atoms with Crippen molar-refractivity contribution in [2.24, 2.45) is 17.8 Å². The Kier molecular flexibility index (Phi) is 1.65. The van der Waals surface area contributed by atoms with Crippen LogP contribution in [-0.2, 0) is 10.0 Å². The summed E-state index contributed by atoms with van der Waals surface area (Å²) in [5.41, 5.74) is 0. The highest BCUT2D eigenvalue weighted by Crippen LogP contribution is 2.58. The molecule has 1 saturated heterocycles. The van der Waals surface area contributed by atoms with Crippen molar-refractivity contribution < 1.29 is 8.42 Å². The summed E-state index contributed by atoms with van der Waals surface area (Å²) in [7, 11) is -2.92. The van der Waals surface area contributed by atoms with Crippen LogP contribution < -0.4 is 0 Å². The van der Waals surface area contributed by atoms with E-state index in [4.69, 9.17) is 0 Å². The lowest BCUT2D eigenvalue weighted by atomic mass is 9.86. The Labute approximate surface area is 85.5 Å². The van der Waals surface area contributed by atoms with Gasteiger partial charge >= 0.3 is 0 Å². The lowest BCUT2D eigenvalue weighted by Gasteiger charge is -2.26. The molecule has 2 saturated carbocycles. The van der Waals surface area contributed by atoms with Crippen molar-refractivity contribution in [2.45, 2.75) is 38.0 Å². The summed E-state index contributed by atoms with van der Waals surface area (Å²) in [6, 6.07) is 0.341. The van der Waals surface area contributed by atoms with Gasteiger partial charge in [0.15, 0.2) is 0 Å². The highest BCUT2D eigenvalue weighted by atomic mass is 32.2. The molecule has 3 nitrogen and oxygen atoms in total. The maximum Gasteiger partial charge on any atom is 0.217 e. The molecular formula is C10H17NO2S. The summed E-state index contributed by atoms with van der Waals surface area (Å²) >= 11 is 0. The van der Waals surface area contributed by atoms with E-state index in [0.717, 1.165) is 12.8 Å². The molecule has 80 valence electrons. The lowest BCUT2D eigenvalue weighted by molar-refractivity contribution is 0.225. The molecule has 0 N–H and O–H groups in total. The Hall–Kier alpha value is -0.0900. The van der Waals surface area contributed by atoms with E-state index in [2.05, 4.69) is 6.92 Å². The van der Waals surface area contributed by atoms with E-state index in [-0.39, 0.29) is 5.25 Å². The summed E-state index contributed by atoms with van der Waals surface area (Å²) in [6.45, 7) is 4.86. The number of nitrogens with zero attached hydrogens (tertiary/aromatic N) is 1. The van der Waals surface area contributed by atoms with Gasteiger partial charge in [-0.05, 0) is 30.6 Å². The molecule has 0 aromatic carbocycles. The van der Waals surface area contributed by atoms with Crippen LogP contribution in [0.3, 0.4) is 0 Å². The van der Waals surface area contributed by atoms with Crippen molar-refractivity contribution in [3.63, 3.8) is 0 Å². The van der Waals surface area contributed by atoms with Crippen LogP contribution in [0, 0.1) is 17.8 Å². The minimum Gasteiger partial charge on any atom is -0.212 e. The fourth-order valence-electron chi connectivity index (χ4n) is 4.08. The summed E-state index contributed by atoms with van der Waals surface area (Å²) < 4.78 is 26.0. The van der Waals surface area contributed by atoms with Gasteiger partial charge in [0.05, 0.1) is 5.25 Å². The summed E-state index contributed by atoms with van der Waals surface area (Å²) in [6.07, 6.45) is 2.09. The van der Waals surface area contributed by atoms with Crippen LogP contribution in [0.1, 0.15) is 26.7 Å². The first-order chi connectivity index (χ1) is 6.57. The van der Waals surface area contributed by atoms with E-state index in [9.17, 15) is 8.42 Å². The molecule has 0 amide bonds. The minimum absolute atomic E-state index is 0.0198. The first-order valence-corrected chi connectivity index (χ1v) is 7.08. The van der Waals surface area contributed by atoms with Gasteiger partial charge in [0.25, 0.3) is 0 Å². The van der Waals surface area contributed by atoms with Crippen LogP contribution >= 0.6 is 0 Å². The Morgan fingerprint density at radius 1 is 1.36 bits per heavy atom. The quantitative estimate of drug-likeness (QED) is 0.656. The number of rotatable bonds is 1. The molecule has 1 heterocycles. The lowest BCUT2D eigenvalue weighted by Crippen LogP contribution is -2.37. The van der Waals surface area contributed by atoms with Gasteiger partial charge in [-0.15, -0.1) is 0 Å². The highest BCUT2D eigenvalue weighted by Gasteiger charge is 2.64. The molecular weight excluding hydrogens is 198 g/mol. The third-order valence-electron chi connectivity index (χ3n) is 4.66. The van der Waals surface area contributed by atoms with Gasteiger partial charge in [-0.2, -0.15) is 4.31 Å². The molecule has 3 rings (SSSR count). The summed E-state index contributed by atoms with van der Waals surface area (Å²) in [5.74, 6) is 1.73. The number of fused-ring (bicyclic) bond motifs is 1. The Morgan fingerprint density at radius 2 is 2.07 bits per heavy atom. The van der Waals surface area contributed by atoms with Gasteiger partial charge in [-0.25, -0.2) is 8.42 Å². The fourth-order valence-corrected chi connectivity index (χ4v) is 6.68. The normalized spacial score (nSPS) is 54.3. The molecule has 4 heteroatoms. The first-order valence-electron chi connectivity index (χ1n) is 5.58. The van der Waals surface area contributed by atoms with Crippen molar-refractivity contribution in [1.29, 1.82) is 0 Å². The third-order valence-corrected chi connectivity index (χ3v) is 7.12. The zero-order valence-electron chi connectivity index (χ0n) is 8.68. The molecule has 3 aliphatic rings. The van der Waals surface area contributed by atoms with Crippen molar-refractivity contribution in [3.05, 3.63) is 0 Å². The fraction of sp³-hybridized carbons (Fsp3) is 1.00. The van der Waals surface area contributed by atoms with Crippen molar-refractivity contribution in [1.82, 2.24) is 4.31 Å². The maximum absolute atomic E-state index is 12.1. The minimum atomic E-state index is -2.92. The van der Waals surface area contributed by atoms with Gasteiger partial charge in [0.2, 0.25) is 10.0 Å². The van der Waals surface area contributed by atoms with Crippen molar-refractivity contribution >= 4 is 10.0 Å². The Balaban J connectivity index is 2.11. The number of hydrogen-bond donors (Lipinski definition) is 0. The second-order valence-electron chi connectivity index (χ2n) is 5.03. The molecule has 1 aliphatic heterocycles. The SMILES string of the molecule is CCN1C2C(C)C3CC2C(C3)S1(=O)=O. The van der Waals surface area contributed by atoms with E-state index in [1.54, 1.807) is 4.31 Å². The molecule has 0 radical (unpaired) electrons. The van der Waals surface area contributed by atoms with Crippen molar-refractivity contribution in [3.8, 4) is 0 Å². The summed E-state index contributed by atoms with van der Waals surface area (Å²) in [4.78, 5) is 0. The second-order valence-corrected chi connectivity index (χ2v) is 7.14. The molecule has 0 aromatic heterocycles. The predicted octanol–water partition coefficient (Wildman–Crippen LogP) is 1.06. The molecule has 0 spiro atoms. The Morgan fingerprint density at radius 3 is 2.64 bits per heavy atom. The number of sulfonamides is 1. The van der Waals surface area contributed by atoms with E-state index in [1.165, 1.54) is 0 Å². The molecule has 2 bridgehead atoms. The molecule has 5 atom stereocenters. The largest absolute Gasteiger partial charge is 0.217 e. The van der Waals surface area contributed by atoms with E-state index < -0.39 is 10.0 Å². The average Bonchev–Trinajstić information content (AvgIpc) is 2.69. The first kappa shape index (κ1) is 9.16. The monoisotopic (exact) mass is 215 g/mol. The zero-order chi connectivity index (χ0) is 10.1. The topological polar surface area (TPSA) is 37.4 Å². The van der Waals surface area contributed by atoms with Crippen molar-refractivity contribution in [2.75, 3.05) is 6.54 Å². The van der Waals surface area contributed by atoms with Gasteiger partial charge < -0.3 is 0 Å². The molecule has 14 heavy (non-hydrogen) atoms. The smallest absolute Gasteiger partial charge is 0.212 e. The van der Waals surface area contributed by atoms with Gasteiger partial charge in [0.1, 0.15) is 0 Å². The van der Waals surface area contributed by atoms with E-state index >= 15 is 0 Å². The standard InChI is InChI=1S/C10H17NO2S/c1-3-11-10-6(2)7-4-8(10)9(5-7)14(11,12)13/h6-10H,3-5H2,1-2H3. The molecule has 2 aliphatic carbocycles. The molecule has 0 aromatic rings. The Bertz CT molecular complexity index is 364. The van der Waals surface area contributed by atoms with Crippen LogP contribution in [0.2, 0.25) is 0 Å². The molecule has 3 fully saturated rings. The maximum atomic E-state index is 12.1. The van der Waals surface area contributed by atoms with Crippen LogP contribution in [0.5, 0.6) is 0 Å². The molecule has 5 unspecified atom stereocenters. The van der Waals surface area contributed by atoms with Crippen LogP contribution in [0.15, 0.2) is 0 Å². The zero-order valence-corrected chi connectivity index (χ0v) is 9.50.